The fourth-order valence-electron chi connectivity index (χ4n) is 3.41. The number of furan rings is 1. The molecule has 1 N–H and O–H groups in total. The van der Waals surface area contributed by atoms with Crippen LogP contribution >= 0.6 is 15.9 Å². The van der Waals surface area contributed by atoms with Crippen molar-refractivity contribution < 1.29 is 14.0 Å². The summed E-state index contributed by atoms with van der Waals surface area (Å²) in [5.74, 6) is 0.0439. The Morgan fingerprint density at radius 3 is 2.93 bits per heavy atom. The van der Waals surface area contributed by atoms with E-state index >= 15 is 0 Å². The highest BCUT2D eigenvalue weighted by molar-refractivity contribution is 9.10. The van der Waals surface area contributed by atoms with Crippen LogP contribution in [0.25, 0.3) is 11.0 Å². The number of nitrogens with zero attached hydrogens (tertiary/aromatic N) is 2. The van der Waals surface area contributed by atoms with Gasteiger partial charge < -0.3 is 14.6 Å². The van der Waals surface area contributed by atoms with Crippen molar-refractivity contribution in [1.29, 1.82) is 0 Å². The number of rotatable bonds is 3. The van der Waals surface area contributed by atoms with E-state index in [4.69, 9.17) is 4.42 Å². The quantitative estimate of drug-likeness (QED) is 0.682. The van der Waals surface area contributed by atoms with Crippen LogP contribution in [0.5, 0.6) is 0 Å². The second-order valence-corrected chi connectivity index (χ2v) is 7.41. The molecule has 3 heterocycles. The molecule has 4 rings (SSSR count). The minimum atomic E-state index is -0.258. The van der Waals surface area contributed by atoms with E-state index in [9.17, 15) is 9.59 Å². The van der Waals surface area contributed by atoms with Gasteiger partial charge in [0.1, 0.15) is 17.7 Å². The number of hydrogen-bond acceptors (Lipinski definition) is 4. The predicted octanol–water partition coefficient (Wildman–Crippen LogP) is 4.08. The van der Waals surface area contributed by atoms with Gasteiger partial charge in [-0.15, -0.1) is 0 Å². The van der Waals surface area contributed by atoms with Crippen LogP contribution in [0, 0.1) is 5.92 Å². The second-order valence-electron chi connectivity index (χ2n) is 6.56. The Morgan fingerprint density at radius 2 is 2.11 bits per heavy atom. The van der Waals surface area contributed by atoms with E-state index in [1.807, 2.05) is 24.3 Å². The fraction of sp³-hybridized carbons (Fsp3) is 0.250. The minimum absolute atomic E-state index is 0.107. The van der Waals surface area contributed by atoms with E-state index in [1.165, 1.54) is 6.26 Å². The number of carbonyl (C=O) groups excluding carboxylic acids is 2. The molecule has 1 saturated heterocycles. The highest BCUT2D eigenvalue weighted by atomic mass is 79.9. The van der Waals surface area contributed by atoms with Crippen LogP contribution in [0.3, 0.4) is 0 Å². The lowest BCUT2D eigenvalue weighted by molar-refractivity contribution is -0.121. The van der Waals surface area contributed by atoms with Crippen molar-refractivity contribution in [2.75, 3.05) is 18.4 Å². The standard InChI is InChI=1S/C20H18BrN3O3/c21-15-6-3-7-16-18(15)14(12-27-16)20(26)24-10-4-5-13(11-24)19(25)23-17-8-1-2-9-22-17/h1-3,6-9,12-13H,4-5,10-11H2,(H,22,23,25). The van der Waals surface area contributed by atoms with Crippen LogP contribution in [0.1, 0.15) is 23.2 Å². The van der Waals surface area contributed by atoms with Crippen LogP contribution in [0.4, 0.5) is 5.82 Å². The first kappa shape index (κ1) is 17.7. The lowest BCUT2D eigenvalue weighted by Gasteiger charge is -2.31. The first-order valence-corrected chi connectivity index (χ1v) is 9.59. The molecule has 3 aromatic rings. The molecule has 1 unspecified atom stereocenters. The Balaban J connectivity index is 1.50. The molecule has 138 valence electrons. The average Bonchev–Trinajstić information content (AvgIpc) is 3.14. The summed E-state index contributed by atoms with van der Waals surface area (Å²) in [6.45, 7) is 1.01. The minimum Gasteiger partial charge on any atom is -0.463 e. The molecule has 1 aliphatic rings. The number of hydrogen-bond donors (Lipinski definition) is 1. The zero-order valence-electron chi connectivity index (χ0n) is 14.5. The van der Waals surface area contributed by atoms with Gasteiger partial charge in [0.15, 0.2) is 0 Å². The lowest BCUT2D eigenvalue weighted by atomic mass is 9.96. The van der Waals surface area contributed by atoms with E-state index in [0.29, 0.717) is 30.1 Å². The molecule has 7 heteroatoms. The summed E-state index contributed by atoms with van der Waals surface area (Å²) in [6.07, 6.45) is 4.66. The van der Waals surface area contributed by atoms with E-state index in [1.54, 1.807) is 23.2 Å². The Morgan fingerprint density at radius 1 is 1.22 bits per heavy atom. The van der Waals surface area contributed by atoms with Crippen molar-refractivity contribution in [3.05, 3.63) is 58.9 Å². The summed E-state index contributed by atoms with van der Waals surface area (Å²) in [6, 6.07) is 10.9. The summed E-state index contributed by atoms with van der Waals surface area (Å²) in [7, 11) is 0. The Labute approximate surface area is 164 Å². The Hall–Kier alpha value is -2.67. The summed E-state index contributed by atoms with van der Waals surface area (Å²) < 4.78 is 6.35. The number of anilines is 1. The van der Waals surface area contributed by atoms with Gasteiger partial charge >= 0.3 is 0 Å². The topological polar surface area (TPSA) is 75.4 Å². The maximum Gasteiger partial charge on any atom is 0.257 e. The molecular formula is C20H18BrN3O3. The molecule has 1 atom stereocenters. The maximum atomic E-state index is 13.1. The second kappa shape index (κ2) is 7.52. The summed E-state index contributed by atoms with van der Waals surface area (Å²) >= 11 is 3.49. The molecule has 0 spiro atoms. The number of amides is 2. The van der Waals surface area contributed by atoms with Gasteiger partial charge in [0.25, 0.3) is 5.91 Å². The van der Waals surface area contributed by atoms with Crippen molar-refractivity contribution in [2.45, 2.75) is 12.8 Å². The molecule has 0 saturated carbocycles. The third-order valence-corrected chi connectivity index (χ3v) is 5.44. The number of benzene rings is 1. The summed E-state index contributed by atoms with van der Waals surface area (Å²) in [5, 5.41) is 3.60. The number of halogens is 1. The zero-order valence-corrected chi connectivity index (χ0v) is 16.1. The van der Waals surface area contributed by atoms with Gasteiger partial charge in [0, 0.05) is 29.1 Å². The molecule has 1 aliphatic heterocycles. The third-order valence-electron chi connectivity index (χ3n) is 4.77. The normalized spacial score (nSPS) is 17.1. The van der Waals surface area contributed by atoms with E-state index in [-0.39, 0.29) is 17.7 Å². The fourth-order valence-corrected chi connectivity index (χ4v) is 3.98. The Bertz CT molecular complexity index is 987. The molecule has 0 radical (unpaired) electrons. The number of aromatic nitrogens is 1. The van der Waals surface area contributed by atoms with Gasteiger partial charge in [-0.1, -0.05) is 28.1 Å². The van der Waals surface area contributed by atoms with Crippen LogP contribution in [-0.2, 0) is 4.79 Å². The Kier molecular flexibility index (Phi) is 4.94. The third kappa shape index (κ3) is 3.60. The number of pyridine rings is 1. The zero-order chi connectivity index (χ0) is 18.8. The number of nitrogens with one attached hydrogen (secondary N) is 1. The van der Waals surface area contributed by atoms with Crippen molar-refractivity contribution in [3.8, 4) is 0 Å². The number of likely N-dealkylation sites (tertiary alicyclic amines) is 1. The average molecular weight is 428 g/mol. The number of piperidine rings is 1. The first-order valence-electron chi connectivity index (χ1n) is 8.80. The van der Waals surface area contributed by atoms with E-state index < -0.39 is 0 Å². The first-order chi connectivity index (χ1) is 13.1. The summed E-state index contributed by atoms with van der Waals surface area (Å²) in [4.78, 5) is 31.5. The molecule has 1 aromatic carbocycles. The van der Waals surface area contributed by atoms with Gasteiger partial charge in [0.2, 0.25) is 5.91 Å². The van der Waals surface area contributed by atoms with Crippen LogP contribution in [-0.4, -0.2) is 34.8 Å². The van der Waals surface area contributed by atoms with Gasteiger partial charge in [-0.25, -0.2) is 4.98 Å². The smallest absolute Gasteiger partial charge is 0.257 e. The highest BCUT2D eigenvalue weighted by Crippen LogP contribution is 2.30. The van der Waals surface area contributed by atoms with Crippen molar-refractivity contribution in [3.63, 3.8) is 0 Å². The molecule has 2 aromatic heterocycles. The van der Waals surface area contributed by atoms with Gasteiger partial charge in [-0.2, -0.15) is 0 Å². The number of fused-ring (bicyclic) bond motifs is 1. The molecule has 0 bridgehead atoms. The number of carbonyl (C=O) groups is 2. The SMILES string of the molecule is O=C(Nc1ccccn1)C1CCCN(C(=O)c2coc3cccc(Br)c23)C1. The molecule has 1 fully saturated rings. The largest absolute Gasteiger partial charge is 0.463 e. The summed E-state index contributed by atoms with van der Waals surface area (Å²) in [5.41, 5.74) is 1.18. The van der Waals surface area contributed by atoms with Crippen LogP contribution in [0.2, 0.25) is 0 Å². The van der Waals surface area contributed by atoms with Crippen molar-refractivity contribution >= 4 is 44.5 Å². The monoisotopic (exact) mass is 427 g/mol. The van der Waals surface area contributed by atoms with Crippen molar-refractivity contribution in [2.24, 2.45) is 5.92 Å². The predicted molar refractivity (Wildman–Crippen MR) is 105 cm³/mol. The molecule has 6 nitrogen and oxygen atoms in total. The molecule has 2 amide bonds. The molecular weight excluding hydrogens is 410 g/mol. The van der Waals surface area contributed by atoms with Crippen LogP contribution < -0.4 is 5.32 Å². The molecule has 27 heavy (non-hydrogen) atoms. The van der Waals surface area contributed by atoms with Crippen LogP contribution in [0.15, 0.2) is 57.7 Å². The van der Waals surface area contributed by atoms with Gasteiger partial charge in [0.05, 0.1) is 11.5 Å². The van der Waals surface area contributed by atoms with Gasteiger partial charge in [-0.3, -0.25) is 9.59 Å². The molecule has 0 aliphatic carbocycles. The van der Waals surface area contributed by atoms with E-state index in [2.05, 4.69) is 26.2 Å². The highest BCUT2D eigenvalue weighted by Gasteiger charge is 2.30. The van der Waals surface area contributed by atoms with E-state index in [0.717, 1.165) is 22.7 Å². The lowest BCUT2D eigenvalue weighted by Crippen LogP contribution is -2.43. The van der Waals surface area contributed by atoms with Gasteiger partial charge in [-0.05, 0) is 37.1 Å². The maximum absolute atomic E-state index is 13.1. The van der Waals surface area contributed by atoms with Crippen molar-refractivity contribution in [1.82, 2.24) is 9.88 Å².